The fraction of sp³-hybridized carbons (Fsp3) is 0.429. The normalized spacial score (nSPS) is 12.6. The maximum atomic E-state index is 5.89. The second-order valence-electron chi connectivity index (χ2n) is 4.42. The summed E-state index contributed by atoms with van der Waals surface area (Å²) in [6.07, 6.45) is 6.71. The molecule has 0 aliphatic heterocycles. The van der Waals surface area contributed by atoms with E-state index in [0.717, 1.165) is 30.8 Å². The molecule has 0 saturated carbocycles. The molecule has 1 N–H and O–H groups in total. The summed E-state index contributed by atoms with van der Waals surface area (Å²) in [6.45, 7) is 6.03. The van der Waals surface area contributed by atoms with Gasteiger partial charge in [-0.05, 0) is 32.0 Å². The van der Waals surface area contributed by atoms with Gasteiger partial charge < -0.3 is 5.32 Å². The molecular formula is C14H19ClN4. The van der Waals surface area contributed by atoms with E-state index in [2.05, 4.69) is 35.4 Å². The molecule has 1 atom stereocenters. The van der Waals surface area contributed by atoms with Crippen molar-refractivity contribution in [3.8, 4) is 0 Å². The van der Waals surface area contributed by atoms with Crippen LogP contribution in [0.1, 0.15) is 37.6 Å². The third-order valence-electron chi connectivity index (χ3n) is 2.96. The molecule has 0 bridgehead atoms. The van der Waals surface area contributed by atoms with Crippen molar-refractivity contribution in [2.75, 3.05) is 6.54 Å². The summed E-state index contributed by atoms with van der Waals surface area (Å²) >= 11 is 5.89. The van der Waals surface area contributed by atoms with Crippen molar-refractivity contribution in [3.63, 3.8) is 0 Å². The minimum absolute atomic E-state index is 0.0671. The van der Waals surface area contributed by atoms with Crippen molar-refractivity contribution in [3.05, 3.63) is 47.0 Å². The van der Waals surface area contributed by atoms with Crippen molar-refractivity contribution < 1.29 is 0 Å². The van der Waals surface area contributed by atoms with E-state index < -0.39 is 0 Å². The number of pyridine rings is 1. The van der Waals surface area contributed by atoms with Gasteiger partial charge in [-0.1, -0.05) is 18.5 Å². The lowest BCUT2D eigenvalue weighted by atomic mass is 10.1. The Balaban J connectivity index is 2.26. The number of rotatable bonds is 6. The number of hydrogen-bond donors (Lipinski definition) is 1. The quantitative estimate of drug-likeness (QED) is 0.883. The predicted octanol–water partition coefficient (Wildman–Crippen LogP) is 3.04. The minimum Gasteiger partial charge on any atom is -0.305 e. The molecule has 0 radical (unpaired) electrons. The second kappa shape index (κ2) is 6.68. The highest BCUT2D eigenvalue weighted by atomic mass is 35.5. The van der Waals surface area contributed by atoms with Crippen molar-refractivity contribution in [2.45, 2.75) is 32.9 Å². The monoisotopic (exact) mass is 278 g/mol. The van der Waals surface area contributed by atoms with Crippen LogP contribution in [0.25, 0.3) is 0 Å². The summed E-state index contributed by atoms with van der Waals surface area (Å²) in [7, 11) is 0. The fourth-order valence-corrected chi connectivity index (χ4v) is 2.05. The molecule has 2 aromatic heterocycles. The number of halogens is 1. The van der Waals surface area contributed by atoms with Gasteiger partial charge in [0.1, 0.15) is 0 Å². The molecule has 2 heterocycles. The molecule has 0 spiro atoms. The Morgan fingerprint density at radius 2 is 2.16 bits per heavy atom. The smallest absolute Gasteiger partial charge is 0.0782 e. The molecule has 0 aromatic carbocycles. The van der Waals surface area contributed by atoms with Gasteiger partial charge in [0.2, 0.25) is 0 Å². The van der Waals surface area contributed by atoms with Gasteiger partial charge >= 0.3 is 0 Å². The largest absolute Gasteiger partial charge is 0.305 e. The van der Waals surface area contributed by atoms with Gasteiger partial charge in [-0.3, -0.25) is 9.67 Å². The van der Waals surface area contributed by atoms with Crippen LogP contribution in [0.3, 0.4) is 0 Å². The SMILES string of the molecule is CCCNC(c1cnn(CC)c1)c1ccc(Cl)cn1. The lowest BCUT2D eigenvalue weighted by molar-refractivity contribution is 0.584. The van der Waals surface area contributed by atoms with E-state index in [-0.39, 0.29) is 6.04 Å². The third-order valence-corrected chi connectivity index (χ3v) is 3.18. The van der Waals surface area contributed by atoms with Gasteiger partial charge in [-0.25, -0.2) is 0 Å². The van der Waals surface area contributed by atoms with Crippen LogP contribution in [0.2, 0.25) is 5.02 Å². The first-order valence-corrected chi connectivity index (χ1v) is 6.99. The molecule has 2 aromatic rings. The average Bonchev–Trinajstić information content (AvgIpc) is 2.90. The number of aromatic nitrogens is 3. The Morgan fingerprint density at radius 1 is 1.32 bits per heavy atom. The van der Waals surface area contributed by atoms with E-state index in [1.165, 1.54) is 0 Å². The molecule has 0 amide bonds. The summed E-state index contributed by atoms with van der Waals surface area (Å²) in [5.74, 6) is 0. The first-order valence-electron chi connectivity index (χ1n) is 6.61. The summed E-state index contributed by atoms with van der Waals surface area (Å²) in [5.41, 5.74) is 2.10. The molecule has 4 nitrogen and oxygen atoms in total. The van der Waals surface area contributed by atoms with E-state index >= 15 is 0 Å². The number of aryl methyl sites for hydroxylation is 1. The van der Waals surface area contributed by atoms with Crippen LogP contribution >= 0.6 is 11.6 Å². The fourth-order valence-electron chi connectivity index (χ4n) is 1.94. The molecule has 0 saturated heterocycles. The Hall–Kier alpha value is -1.39. The van der Waals surface area contributed by atoms with Crippen LogP contribution in [0.15, 0.2) is 30.7 Å². The summed E-state index contributed by atoms with van der Waals surface area (Å²) in [5, 5.41) is 8.48. The molecule has 0 fully saturated rings. The molecule has 0 aliphatic carbocycles. The van der Waals surface area contributed by atoms with Crippen LogP contribution in [0.4, 0.5) is 0 Å². The summed E-state index contributed by atoms with van der Waals surface area (Å²) in [4.78, 5) is 4.41. The van der Waals surface area contributed by atoms with E-state index in [9.17, 15) is 0 Å². The van der Waals surface area contributed by atoms with Crippen molar-refractivity contribution >= 4 is 11.6 Å². The zero-order chi connectivity index (χ0) is 13.7. The highest BCUT2D eigenvalue weighted by molar-refractivity contribution is 6.30. The Bertz CT molecular complexity index is 506. The third kappa shape index (κ3) is 3.55. The van der Waals surface area contributed by atoms with Gasteiger partial charge in [0.15, 0.2) is 0 Å². The molecule has 0 aliphatic rings. The molecule has 5 heteroatoms. The summed E-state index contributed by atoms with van der Waals surface area (Å²) < 4.78 is 1.92. The Labute approximate surface area is 118 Å². The highest BCUT2D eigenvalue weighted by Gasteiger charge is 2.16. The number of nitrogens with zero attached hydrogens (tertiary/aromatic N) is 3. The molecule has 1 unspecified atom stereocenters. The minimum atomic E-state index is 0.0671. The van der Waals surface area contributed by atoms with Crippen LogP contribution < -0.4 is 5.32 Å². The maximum Gasteiger partial charge on any atom is 0.0782 e. The predicted molar refractivity (Wildman–Crippen MR) is 77.3 cm³/mol. The standard InChI is InChI=1S/C14H19ClN4/c1-3-7-16-14(11-8-18-19(4-2)10-11)13-6-5-12(15)9-17-13/h5-6,8-10,14,16H,3-4,7H2,1-2H3. The Kier molecular flexibility index (Phi) is 4.93. The Morgan fingerprint density at radius 3 is 2.74 bits per heavy atom. The van der Waals surface area contributed by atoms with E-state index in [0.29, 0.717) is 5.02 Å². The lowest BCUT2D eigenvalue weighted by Crippen LogP contribution is -2.23. The van der Waals surface area contributed by atoms with Gasteiger partial charge in [0.05, 0.1) is 23.0 Å². The number of hydrogen-bond acceptors (Lipinski definition) is 3. The highest BCUT2D eigenvalue weighted by Crippen LogP contribution is 2.21. The number of nitrogens with one attached hydrogen (secondary N) is 1. The van der Waals surface area contributed by atoms with Gasteiger partial charge in [0, 0.05) is 24.5 Å². The van der Waals surface area contributed by atoms with Gasteiger partial charge in [-0.15, -0.1) is 0 Å². The second-order valence-corrected chi connectivity index (χ2v) is 4.85. The van der Waals surface area contributed by atoms with Gasteiger partial charge in [0.25, 0.3) is 0 Å². The van der Waals surface area contributed by atoms with Crippen molar-refractivity contribution in [2.24, 2.45) is 0 Å². The topological polar surface area (TPSA) is 42.7 Å². The van der Waals surface area contributed by atoms with Crippen molar-refractivity contribution in [1.29, 1.82) is 0 Å². The molecule has 2 rings (SSSR count). The van der Waals surface area contributed by atoms with E-state index in [1.807, 2.05) is 23.0 Å². The zero-order valence-electron chi connectivity index (χ0n) is 11.3. The molecular weight excluding hydrogens is 260 g/mol. The molecule has 102 valence electrons. The first-order chi connectivity index (χ1) is 9.24. The first kappa shape index (κ1) is 14.0. The van der Waals surface area contributed by atoms with Crippen molar-refractivity contribution in [1.82, 2.24) is 20.1 Å². The summed E-state index contributed by atoms with van der Waals surface area (Å²) in [6, 6.07) is 3.89. The molecule has 19 heavy (non-hydrogen) atoms. The van der Waals surface area contributed by atoms with E-state index in [1.54, 1.807) is 6.20 Å². The van der Waals surface area contributed by atoms with Gasteiger partial charge in [-0.2, -0.15) is 5.10 Å². The van der Waals surface area contributed by atoms with Crippen LogP contribution in [0, 0.1) is 0 Å². The lowest BCUT2D eigenvalue weighted by Gasteiger charge is -2.16. The van der Waals surface area contributed by atoms with Crippen LogP contribution in [-0.4, -0.2) is 21.3 Å². The van der Waals surface area contributed by atoms with E-state index in [4.69, 9.17) is 11.6 Å². The average molecular weight is 279 g/mol. The zero-order valence-corrected chi connectivity index (χ0v) is 12.1. The maximum absolute atomic E-state index is 5.89. The van der Waals surface area contributed by atoms with Crippen LogP contribution in [0.5, 0.6) is 0 Å². The van der Waals surface area contributed by atoms with Crippen LogP contribution in [-0.2, 0) is 6.54 Å².